The van der Waals surface area contributed by atoms with Gasteiger partial charge in [0.2, 0.25) is 0 Å². The minimum absolute atomic E-state index is 0.655. The third kappa shape index (κ3) is 1.20. The van der Waals surface area contributed by atoms with E-state index in [0.29, 0.717) is 5.41 Å². The molecule has 0 nitrogen and oxygen atoms in total. The highest BCUT2D eigenvalue weighted by Gasteiger charge is 2.64. The van der Waals surface area contributed by atoms with Crippen LogP contribution in [-0.4, -0.2) is 0 Å². The zero-order valence-corrected chi connectivity index (χ0v) is 10.4. The highest BCUT2D eigenvalue weighted by atomic mass is 14.7. The number of fused-ring (bicyclic) bond motifs is 3. The van der Waals surface area contributed by atoms with E-state index in [1.807, 2.05) is 0 Å². The zero-order valence-electron chi connectivity index (χ0n) is 10.4. The first-order valence-corrected chi connectivity index (χ1v) is 6.71. The third-order valence-corrected chi connectivity index (χ3v) is 5.91. The van der Waals surface area contributed by atoms with E-state index in [4.69, 9.17) is 0 Å². The van der Waals surface area contributed by atoms with E-state index in [2.05, 4.69) is 27.4 Å². The van der Waals surface area contributed by atoms with Gasteiger partial charge >= 0.3 is 0 Å². The molecule has 2 unspecified atom stereocenters. The van der Waals surface area contributed by atoms with Crippen LogP contribution in [0.2, 0.25) is 0 Å². The van der Waals surface area contributed by atoms with Crippen LogP contribution in [0.5, 0.6) is 0 Å². The van der Waals surface area contributed by atoms with Crippen LogP contribution in [0.25, 0.3) is 0 Å². The van der Waals surface area contributed by atoms with Gasteiger partial charge in [-0.05, 0) is 60.7 Å². The maximum absolute atomic E-state index is 4.35. The maximum Gasteiger partial charge on any atom is -0.0172 e. The average molecular weight is 204 g/mol. The van der Waals surface area contributed by atoms with Crippen LogP contribution in [0.4, 0.5) is 0 Å². The summed E-state index contributed by atoms with van der Waals surface area (Å²) < 4.78 is 0. The van der Waals surface area contributed by atoms with Gasteiger partial charge in [-0.2, -0.15) is 0 Å². The summed E-state index contributed by atoms with van der Waals surface area (Å²) in [5.41, 5.74) is 2.25. The molecule has 0 radical (unpaired) electrons. The van der Waals surface area contributed by atoms with E-state index in [1.165, 1.54) is 25.7 Å². The standard InChI is InChI=1S/C15H24/c1-9-6-8-12-14(15(12,3)4)13-10(2)5-7-11(9)13/h10-14H,1,5-8H2,2-4H3/t10-,11-,12?,13-,14?/m1/s1. The molecule has 0 aromatic rings. The predicted octanol–water partition coefficient (Wildman–Crippen LogP) is 4.27. The van der Waals surface area contributed by atoms with Crippen LogP contribution >= 0.6 is 0 Å². The summed E-state index contributed by atoms with van der Waals surface area (Å²) >= 11 is 0. The molecule has 0 heteroatoms. The number of hydrogen-bond donors (Lipinski definition) is 0. The molecular formula is C15H24. The fourth-order valence-electron chi connectivity index (χ4n) is 4.93. The molecule has 0 saturated heterocycles. The quantitative estimate of drug-likeness (QED) is 0.517. The van der Waals surface area contributed by atoms with Crippen molar-refractivity contribution < 1.29 is 0 Å². The topological polar surface area (TPSA) is 0 Å². The van der Waals surface area contributed by atoms with Crippen LogP contribution in [0.3, 0.4) is 0 Å². The summed E-state index contributed by atoms with van der Waals surface area (Å²) in [4.78, 5) is 0. The van der Waals surface area contributed by atoms with Crippen LogP contribution in [-0.2, 0) is 0 Å². The van der Waals surface area contributed by atoms with Crippen molar-refractivity contribution in [1.82, 2.24) is 0 Å². The maximum atomic E-state index is 4.35. The van der Waals surface area contributed by atoms with E-state index >= 15 is 0 Å². The van der Waals surface area contributed by atoms with Crippen molar-refractivity contribution in [3.05, 3.63) is 12.2 Å². The molecule has 0 aromatic heterocycles. The summed E-state index contributed by atoms with van der Waals surface area (Å²) in [6.07, 6.45) is 5.63. The Morgan fingerprint density at radius 3 is 2.67 bits per heavy atom. The zero-order chi connectivity index (χ0) is 10.8. The Morgan fingerprint density at radius 2 is 1.93 bits per heavy atom. The first kappa shape index (κ1) is 9.93. The van der Waals surface area contributed by atoms with Crippen molar-refractivity contribution in [1.29, 1.82) is 0 Å². The Hall–Kier alpha value is -0.260. The minimum Gasteiger partial charge on any atom is -0.0996 e. The molecule has 3 rings (SSSR count). The van der Waals surface area contributed by atoms with Gasteiger partial charge in [0.05, 0.1) is 0 Å². The van der Waals surface area contributed by atoms with Crippen molar-refractivity contribution in [2.45, 2.75) is 46.5 Å². The molecule has 0 amide bonds. The fourth-order valence-corrected chi connectivity index (χ4v) is 4.93. The fraction of sp³-hybridized carbons (Fsp3) is 0.867. The molecule has 3 saturated carbocycles. The van der Waals surface area contributed by atoms with Crippen molar-refractivity contribution >= 4 is 0 Å². The second-order valence-corrected chi connectivity index (χ2v) is 6.89. The summed E-state index contributed by atoms with van der Waals surface area (Å²) in [6, 6.07) is 0. The first-order valence-electron chi connectivity index (χ1n) is 6.71. The lowest BCUT2D eigenvalue weighted by Crippen LogP contribution is -2.18. The van der Waals surface area contributed by atoms with Crippen LogP contribution in [0, 0.1) is 35.0 Å². The summed E-state index contributed by atoms with van der Waals surface area (Å²) in [5, 5.41) is 0. The Morgan fingerprint density at radius 1 is 1.20 bits per heavy atom. The highest BCUT2D eigenvalue weighted by molar-refractivity contribution is 5.20. The lowest BCUT2D eigenvalue weighted by molar-refractivity contribution is 0.280. The summed E-state index contributed by atoms with van der Waals surface area (Å²) in [6.45, 7) is 11.8. The van der Waals surface area contributed by atoms with Crippen LogP contribution in [0.1, 0.15) is 46.5 Å². The van der Waals surface area contributed by atoms with Crippen molar-refractivity contribution in [3.63, 3.8) is 0 Å². The van der Waals surface area contributed by atoms with E-state index in [9.17, 15) is 0 Å². The summed E-state index contributed by atoms with van der Waals surface area (Å²) in [5.74, 6) is 4.87. The monoisotopic (exact) mass is 204 g/mol. The van der Waals surface area contributed by atoms with Crippen molar-refractivity contribution in [3.8, 4) is 0 Å². The van der Waals surface area contributed by atoms with Gasteiger partial charge in [0.1, 0.15) is 0 Å². The van der Waals surface area contributed by atoms with Gasteiger partial charge in [0, 0.05) is 0 Å². The SMILES string of the molecule is C=C1CCC2C([C@@H]3[C@H](C)CC[C@H]13)C2(C)C. The average Bonchev–Trinajstić information content (AvgIpc) is 2.55. The molecule has 0 aliphatic heterocycles. The molecule has 0 heterocycles. The van der Waals surface area contributed by atoms with Gasteiger partial charge in [-0.1, -0.05) is 32.9 Å². The second kappa shape index (κ2) is 2.90. The number of hydrogen-bond acceptors (Lipinski definition) is 0. The minimum atomic E-state index is 0.655. The van der Waals surface area contributed by atoms with E-state index < -0.39 is 0 Å². The van der Waals surface area contributed by atoms with Crippen LogP contribution < -0.4 is 0 Å². The Balaban J connectivity index is 1.93. The molecular weight excluding hydrogens is 180 g/mol. The molecule has 0 spiro atoms. The lowest BCUT2D eigenvalue weighted by atomic mass is 9.80. The largest absolute Gasteiger partial charge is 0.0996 e. The second-order valence-electron chi connectivity index (χ2n) is 6.89. The number of allylic oxidation sites excluding steroid dienone is 1. The molecule has 0 aromatic carbocycles. The molecule has 3 fully saturated rings. The molecule has 15 heavy (non-hydrogen) atoms. The molecule has 0 N–H and O–H groups in total. The number of rotatable bonds is 0. The Kier molecular flexibility index (Phi) is 1.92. The summed E-state index contributed by atoms with van der Waals surface area (Å²) in [7, 11) is 0. The highest BCUT2D eigenvalue weighted by Crippen LogP contribution is 2.70. The molecule has 0 bridgehead atoms. The van der Waals surface area contributed by atoms with Gasteiger partial charge in [0.15, 0.2) is 0 Å². The Bertz CT molecular complexity index is 299. The van der Waals surface area contributed by atoms with Gasteiger partial charge in [0.25, 0.3) is 0 Å². The van der Waals surface area contributed by atoms with Gasteiger partial charge in [-0.15, -0.1) is 0 Å². The smallest absolute Gasteiger partial charge is 0.0172 e. The normalized spacial score (nSPS) is 51.9. The third-order valence-electron chi connectivity index (χ3n) is 5.91. The predicted molar refractivity (Wildman–Crippen MR) is 64.5 cm³/mol. The van der Waals surface area contributed by atoms with Gasteiger partial charge < -0.3 is 0 Å². The van der Waals surface area contributed by atoms with E-state index in [0.717, 1.165) is 29.6 Å². The molecule has 5 atom stereocenters. The van der Waals surface area contributed by atoms with Gasteiger partial charge in [-0.3, -0.25) is 0 Å². The van der Waals surface area contributed by atoms with Gasteiger partial charge in [-0.25, -0.2) is 0 Å². The lowest BCUT2D eigenvalue weighted by Gasteiger charge is -2.25. The Labute approximate surface area is 94.1 Å². The molecule has 3 aliphatic rings. The van der Waals surface area contributed by atoms with E-state index in [-0.39, 0.29) is 0 Å². The molecule has 84 valence electrons. The van der Waals surface area contributed by atoms with Crippen molar-refractivity contribution in [2.24, 2.45) is 35.0 Å². The van der Waals surface area contributed by atoms with E-state index in [1.54, 1.807) is 5.57 Å². The molecule has 3 aliphatic carbocycles. The first-order chi connectivity index (χ1) is 7.03. The van der Waals surface area contributed by atoms with Crippen LogP contribution in [0.15, 0.2) is 12.2 Å². The van der Waals surface area contributed by atoms with Crippen molar-refractivity contribution in [2.75, 3.05) is 0 Å².